The molecule has 0 aliphatic rings. The first-order valence-electron chi connectivity index (χ1n) is 6.47. The lowest BCUT2D eigenvalue weighted by atomic mass is 10.2. The van der Waals surface area contributed by atoms with E-state index in [2.05, 4.69) is 30.4 Å². The molecule has 0 saturated heterocycles. The van der Waals surface area contributed by atoms with E-state index in [4.69, 9.17) is 0 Å². The third-order valence-electron chi connectivity index (χ3n) is 2.92. The second-order valence-corrected chi connectivity index (χ2v) is 4.48. The Morgan fingerprint density at radius 1 is 1.09 bits per heavy atom. The van der Waals surface area contributed by atoms with Gasteiger partial charge in [-0.2, -0.15) is 18.3 Å². The van der Waals surface area contributed by atoms with E-state index in [1.807, 2.05) is 5.10 Å². The maximum Gasteiger partial charge on any atom is 0.433 e. The summed E-state index contributed by atoms with van der Waals surface area (Å²) in [6.07, 6.45) is 1.06. The van der Waals surface area contributed by atoms with E-state index in [1.54, 1.807) is 24.5 Å². The molecule has 0 radical (unpaired) electrons. The summed E-state index contributed by atoms with van der Waals surface area (Å²) in [6, 6.07) is 3.23. The Morgan fingerprint density at radius 2 is 1.87 bits per heavy atom. The Kier molecular flexibility index (Phi) is 3.87. The fourth-order valence-electron chi connectivity index (χ4n) is 1.88. The third-order valence-corrected chi connectivity index (χ3v) is 2.92. The highest BCUT2D eigenvalue weighted by Gasteiger charge is 2.35. The van der Waals surface area contributed by atoms with E-state index in [1.165, 1.54) is 6.33 Å². The summed E-state index contributed by atoms with van der Waals surface area (Å²) in [6.45, 7) is -0.0859. The van der Waals surface area contributed by atoms with E-state index in [-0.39, 0.29) is 12.1 Å². The van der Waals surface area contributed by atoms with Crippen LogP contribution in [0.2, 0.25) is 0 Å². The number of H-pyrrole nitrogens is 1. The van der Waals surface area contributed by atoms with Gasteiger partial charge in [-0.3, -0.25) is 5.10 Å². The molecule has 0 aliphatic carbocycles. The molecule has 10 heteroatoms. The molecule has 2 N–H and O–H groups in total. The molecule has 0 atom stereocenters. The lowest BCUT2D eigenvalue weighted by molar-refractivity contribution is -0.141. The van der Waals surface area contributed by atoms with Crippen LogP contribution in [-0.2, 0) is 12.7 Å². The van der Waals surface area contributed by atoms with Gasteiger partial charge in [0.05, 0.1) is 6.20 Å². The first-order chi connectivity index (χ1) is 11.0. The molecule has 7 nitrogen and oxygen atoms in total. The third kappa shape index (κ3) is 3.42. The fraction of sp³-hybridized carbons (Fsp3) is 0.154. The van der Waals surface area contributed by atoms with Crippen LogP contribution in [0.15, 0.2) is 37.1 Å². The molecule has 0 bridgehead atoms. The van der Waals surface area contributed by atoms with Crippen molar-refractivity contribution in [3.8, 4) is 11.5 Å². The molecule has 0 unspecified atom stereocenters. The van der Waals surface area contributed by atoms with E-state index in [0.717, 1.165) is 6.20 Å². The van der Waals surface area contributed by atoms with Gasteiger partial charge in [-0.1, -0.05) is 0 Å². The topological polar surface area (TPSA) is 92.3 Å². The summed E-state index contributed by atoms with van der Waals surface area (Å²) < 4.78 is 38.3. The Hall–Kier alpha value is -3.04. The quantitative estimate of drug-likeness (QED) is 0.766. The van der Waals surface area contributed by atoms with Crippen LogP contribution in [0.4, 0.5) is 19.0 Å². The first kappa shape index (κ1) is 14.9. The number of hydrogen-bond donors (Lipinski definition) is 2. The highest BCUT2D eigenvalue weighted by Crippen LogP contribution is 2.30. The second kappa shape index (κ2) is 5.99. The van der Waals surface area contributed by atoms with Crippen LogP contribution >= 0.6 is 0 Å². The summed E-state index contributed by atoms with van der Waals surface area (Å²) in [5.41, 5.74) is -0.425. The minimum atomic E-state index is -4.48. The van der Waals surface area contributed by atoms with Gasteiger partial charge in [-0.15, -0.1) is 0 Å². The number of anilines is 1. The highest BCUT2D eigenvalue weighted by atomic mass is 19.4. The van der Waals surface area contributed by atoms with E-state index < -0.39 is 11.9 Å². The summed E-state index contributed by atoms with van der Waals surface area (Å²) in [4.78, 5) is 16.1. The second-order valence-electron chi connectivity index (χ2n) is 4.48. The molecular formula is C13H10F3N7. The number of nitrogens with zero attached hydrogens (tertiary/aromatic N) is 5. The van der Waals surface area contributed by atoms with Gasteiger partial charge < -0.3 is 5.32 Å². The molecule has 3 aromatic rings. The predicted molar refractivity (Wildman–Crippen MR) is 74.0 cm³/mol. The normalized spacial score (nSPS) is 11.4. The number of alkyl halides is 3. The van der Waals surface area contributed by atoms with Crippen LogP contribution in [0.1, 0.15) is 11.3 Å². The van der Waals surface area contributed by atoms with Crippen molar-refractivity contribution in [1.82, 2.24) is 30.1 Å². The lowest BCUT2D eigenvalue weighted by Crippen LogP contribution is -2.11. The van der Waals surface area contributed by atoms with Crippen LogP contribution < -0.4 is 5.32 Å². The van der Waals surface area contributed by atoms with Gasteiger partial charge in [0.25, 0.3) is 0 Å². The van der Waals surface area contributed by atoms with E-state index in [9.17, 15) is 13.2 Å². The first-order valence-corrected chi connectivity index (χ1v) is 6.47. The zero-order valence-corrected chi connectivity index (χ0v) is 11.5. The monoisotopic (exact) mass is 321 g/mol. The molecule has 0 fully saturated rings. The van der Waals surface area contributed by atoms with Gasteiger partial charge in [0.15, 0.2) is 5.82 Å². The van der Waals surface area contributed by atoms with E-state index in [0.29, 0.717) is 17.3 Å². The predicted octanol–water partition coefficient (Wildman–Crippen LogP) is 2.29. The molecule has 3 aromatic heterocycles. The van der Waals surface area contributed by atoms with Crippen LogP contribution in [0.5, 0.6) is 0 Å². The molecule has 23 heavy (non-hydrogen) atoms. The number of halogens is 3. The summed E-state index contributed by atoms with van der Waals surface area (Å²) in [7, 11) is 0. The summed E-state index contributed by atoms with van der Waals surface area (Å²) in [5, 5.41) is 8.18. The molecular weight excluding hydrogens is 311 g/mol. The van der Waals surface area contributed by atoms with Gasteiger partial charge in [0, 0.05) is 30.6 Å². The fourth-order valence-corrected chi connectivity index (χ4v) is 1.88. The van der Waals surface area contributed by atoms with Crippen LogP contribution in [0, 0.1) is 0 Å². The number of nitrogens with one attached hydrogen (secondary N) is 2. The molecule has 3 rings (SSSR count). The minimum absolute atomic E-state index is 0.00590. The van der Waals surface area contributed by atoms with Crippen molar-refractivity contribution in [2.24, 2.45) is 0 Å². The Labute approximate surface area is 128 Å². The smallest absolute Gasteiger partial charge is 0.366 e. The highest BCUT2D eigenvalue weighted by molar-refractivity contribution is 5.54. The van der Waals surface area contributed by atoms with Crippen molar-refractivity contribution in [3.63, 3.8) is 0 Å². The van der Waals surface area contributed by atoms with Crippen LogP contribution in [0.25, 0.3) is 11.5 Å². The Morgan fingerprint density at radius 3 is 2.61 bits per heavy atom. The van der Waals surface area contributed by atoms with Crippen molar-refractivity contribution in [2.45, 2.75) is 12.7 Å². The molecule has 3 heterocycles. The zero-order valence-electron chi connectivity index (χ0n) is 11.5. The molecule has 118 valence electrons. The average Bonchev–Trinajstić information content (AvgIpc) is 3.03. The number of hydrogen-bond acceptors (Lipinski definition) is 6. The van der Waals surface area contributed by atoms with Crippen molar-refractivity contribution < 1.29 is 13.2 Å². The van der Waals surface area contributed by atoms with Crippen molar-refractivity contribution in [3.05, 3.63) is 48.3 Å². The van der Waals surface area contributed by atoms with Gasteiger partial charge in [0.2, 0.25) is 0 Å². The largest absolute Gasteiger partial charge is 0.433 e. The number of aromatic amines is 1. The van der Waals surface area contributed by atoms with E-state index >= 15 is 0 Å². The van der Waals surface area contributed by atoms with Crippen molar-refractivity contribution in [1.29, 1.82) is 0 Å². The minimum Gasteiger partial charge on any atom is -0.366 e. The Balaban J connectivity index is 1.76. The summed E-state index contributed by atoms with van der Waals surface area (Å²) in [5.74, 6) is 0.758. The number of aromatic nitrogens is 6. The summed E-state index contributed by atoms with van der Waals surface area (Å²) >= 11 is 0. The maximum absolute atomic E-state index is 12.8. The van der Waals surface area contributed by atoms with Crippen LogP contribution in [0.3, 0.4) is 0 Å². The molecule has 0 amide bonds. The van der Waals surface area contributed by atoms with Gasteiger partial charge in [0.1, 0.15) is 23.5 Å². The maximum atomic E-state index is 12.8. The van der Waals surface area contributed by atoms with Gasteiger partial charge in [-0.05, 0) is 6.07 Å². The zero-order chi connectivity index (χ0) is 16.3. The van der Waals surface area contributed by atoms with Crippen molar-refractivity contribution >= 4 is 5.82 Å². The SMILES string of the molecule is FC(F)(F)c1[nH]ncc1CNc1cc(-c2ncccn2)ncn1. The molecule has 0 saturated carbocycles. The number of rotatable bonds is 4. The average molecular weight is 321 g/mol. The lowest BCUT2D eigenvalue weighted by Gasteiger charge is -2.09. The van der Waals surface area contributed by atoms with Crippen LogP contribution in [-0.4, -0.2) is 30.1 Å². The molecule has 0 spiro atoms. The molecule has 0 aromatic carbocycles. The van der Waals surface area contributed by atoms with Crippen molar-refractivity contribution in [2.75, 3.05) is 5.32 Å². The van der Waals surface area contributed by atoms with Gasteiger partial charge >= 0.3 is 6.18 Å². The Bertz CT molecular complexity index is 786. The molecule has 0 aliphatic heterocycles. The van der Waals surface area contributed by atoms with Gasteiger partial charge in [-0.25, -0.2) is 19.9 Å². The standard InChI is InChI=1S/C13H10F3N7/c14-13(15,16)11-8(6-22-23-11)5-19-10-4-9(20-7-21-10)12-17-2-1-3-18-12/h1-4,6-7H,5H2,(H,22,23)(H,19,20,21).